The number of rotatable bonds is 6. The number of nitrogens with zero attached hydrogens (tertiary/aromatic N) is 3. The van der Waals surface area contributed by atoms with Gasteiger partial charge in [0.2, 0.25) is 16.4 Å². The van der Waals surface area contributed by atoms with Gasteiger partial charge in [0.25, 0.3) is 0 Å². The van der Waals surface area contributed by atoms with Crippen LogP contribution in [0.15, 0.2) is 28.1 Å². The lowest BCUT2D eigenvalue weighted by atomic mass is 10.4. The predicted octanol–water partition coefficient (Wildman–Crippen LogP) is -0.0754. The molecule has 0 radical (unpaired) electrons. The van der Waals surface area contributed by atoms with Crippen molar-refractivity contribution >= 4 is 27.4 Å². The van der Waals surface area contributed by atoms with Gasteiger partial charge in [-0.2, -0.15) is 4.98 Å². The summed E-state index contributed by atoms with van der Waals surface area (Å²) in [5.74, 6) is 5.76. The second kappa shape index (κ2) is 6.13. The molecule has 0 atom stereocenters. The van der Waals surface area contributed by atoms with Crippen LogP contribution in [0.1, 0.15) is 5.82 Å². The first-order chi connectivity index (χ1) is 9.53. The maximum absolute atomic E-state index is 12.0. The van der Waals surface area contributed by atoms with Gasteiger partial charge in [-0.25, -0.2) is 24.0 Å². The standard InChI is InChI=1S/C9H11ClN6O3S/c10-7-3-6(4-12-9(7)15-11)20(17,18)14-2-1-8-13-5-19-16-8/h3-5,14H,1-2,11H2,(H,12,15). The van der Waals surface area contributed by atoms with Crippen molar-refractivity contribution in [1.82, 2.24) is 19.8 Å². The lowest BCUT2D eigenvalue weighted by molar-refractivity contribution is 0.410. The van der Waals surface area contributed by atoms with Crippen molar-refractivity contribution in [2.45, 2.75) is 11.3 Å². The van der Waals surface area contributed by atoms with Gasteiger partial charge in [0.15, 0.2) is 11.6 Å². The molecule has 20 heavy (non-hydrogen) atoms. The molecule has 4 N–H and O–H groups in total. The SMILES string of the molecule is NNc1ncc(S(=O)(=O)NCCc2ncon2)cc1Cl. The van der Waals surface area contributed by atoms with Crippen LogP contribution in [-0.4, -0.2) is 30.1 Å². The molecule has 0 fully saturated rings. The fourth-order valence-corrected chi connectivity index (χ4v) is 2.64. The summed E-state index contributed by atoms with van der Waals surface area (Å²) in [7, 11) is -3.71. The Labute approximate surface area is 119 Å². The normalized spacial score (nSPS) is 11.5. The van der Waals surface area contributed by atoms with E-state index in [4.69, 9.17) is 17.4 Å². The molecule has 9 nitrogen and oxygen atoms in total. The molecule has 0 bridgehead atoms. The summed E-state index contributed by atoms with van der Waals surface area (Å²) in [6.07, 6.45) is 2.63. The summed E-state index contributed by atoms with van der Waals surface area (Å²) in [6, 6.07) is 1.25. The zero-order valence-electron chi connectivity index (χ0n) is 10.1. The van der Waals surface area contributed by atoms with Gasteiger partial charge in [0, 0.05) is 19.2 Å². The van der Waals surface area contributed by atoms with E-state index in [0.29, 0.717) is 12.2 Å². The van der Waals surface area contributed by atoms with Crippen molar-refractivity contribution < 1.29 is 12.9 Å². The summed E-state index contributed by atoms with van der Waals surface area (Å²) < 4.78 is 30.9. The number of nitrogens with two attached hydrogens (primary N) is 1. The zero-order valence-corrected chi connectivity index (χ0v) is 11.6. The Morgan fingerprint density at radius 3 is 2.80 bits per heavy atom. The van der Waals surface area contributed by atoms with E-state index in [1.165, 1.54) is 12.5 Å². The number of halogens is 1. The highest BCUT2D eigenvalue weighted by atomic mass is 35.5. The van der Waals surface area contributed by atoms with Crippen molar-refractivity contribution in [3.05, 3.63) is 29.5 Å². The molecule has 0 unspecified atom stereocenters. The molecule has 2 heterocycles. The lowest BCUT2D eigenvalue weighted by Crippen LogP contribution is -2.26. The van der Waals surface area contributed by atoms with Gasteiger partial charge in [0.05, 0.1) is 5.02 Å². The van der Waals surface area contributed by atoms with Crippen molar-refractivity contribution in [2.24, 2.45) is 5.84 Å². The maximum Gasteiger partial charge on any atom is 0.242 e. The minimum atomic E-state index is -3.71. The van der Waals surface area contributed by atoms with Crippen LogP contribution in [0.5, 0.6) is 0 Å². The number of nitrogens with one attached hydrogen (secondary N) is 2. The van der Waals surface area contributed by atoms with Crippen LogP contribution >= 0.6 is 11.6 Å². The number of hydrazine groups is 1. The van der Waals surface area contributed by atoms with Gasteiger partial charge in [-0.15, -0.1) is 0 Å². The van der Waals surface area contributed by atoms with Gasteiger partial charge < -0.3 is 9.95 Å². The molecule has 2 rings (SSSR count). The maximum atomic E-state index is 12.0. The van der Waals surface area contributed by atoms with Crippen LogP contribution in [0.25, 0.3) is 0 Å². The van der Waals surface area contributed by atoms with E-state index >= 15 is 0 Å². The fourth-order valence-electron chi connectivity index (χ4n) is 1.36. The summed E-state index contributed by atoms with van der Waals surface area (Å²) in [6.45, 7) is 0.121. The highest BCUT2D eigenvalue weighted by Gasteiger charge is 2.16. The minimum absolute atomic E-state index is 0.0605. The molecular weight excluding hydrogens is 308 g/mol. The minimum Gasteiger partial charge on any atom is -0.343 e. The van der Waals surface area contributed by atoms with Gasteiger partial charge in [-0.3, -0.25) is 0 Å². The smallest absolute Gasteiger partial charge is 0.242 e. The van der Waals surface area contributed by atoms with Gasteiger partial charge in [-0.1, -0.05) is 16.8 Å². The Kier molecular flexibility index (Phi) is 4.49. The summed E-state index contributed by atoms with van der Waals surface area (Å²) in [4.78, 5) is 7.51. The first kappa shape index (κ1) is 14.7. The number of nitrogen functional groups attached to an aromatic ring is 1. The van der Waals surface area contributed by atoms with Gasteiger partial charge in [-0.05, 0) is 6.07 Å². The lowest BCUT2D eigenvalue weighted by Gasteiger charge is -2.07. The Bertz CT molecular complexity index is 675. The molecule has 11 heteroatoms. The Morgan fingerprint density at radius 1 is 1.40 bits per heavy atom. The number of aromatic nitrogens is 3. The van der Waals surface area contributed by atoms with E-state index in [2.05, 4.69) is 29.8 Å². The van der Waals surface area contributed by atoms with E-state index in [0.717, 1.165) is 6.20 Å². The molecule has 0 spiro atoms. The van der Waals surface area contributed by atoms with Gasteiger partial charge >= 0.3 is 0 Å². The van der Waals surface area contributed by atoms with E-state index < -0.39 is 10.0 Å². The molecule has 0 aliphatic carbocycles. The highest BCUT2D eigenvalue weighted by molar-refractivity contribution is 7.89. The highest BCUT2D eigenvalue weighted by Crippen LogP contribution is 2.21. The Morgan fingerprint density at radius 2 is 2.20 bits per heavy atom. The van der Waals surface area contributed by atoms with Crippen LogP contribution in [0.2, 0.25) is 5.02 Å². The molecule has 2 aromatic heterocycles. The Hall–Kier alpha value is -1.75. The average Bonchev–Trinajstić information content (AvgIpc) is 2.91. The second-order valence-electron chi connectivity index (χ2n) is 3.64. The fraction of sp³-hybridized carbons (Fsp3) is 0.222. The Balaban J connectivity index is 2.04. The third kappa shape index (κ3) is 3.42. The van der Waals surface area contributed by atoms with Crippen LogP contribution in [0.4, 0.5) is 5.82 Å². The monoisotopic (exact) mass is 318 g/mol. The van der Waals surface area contributed by atoms with E-state index in [9.17, 15) is 8.42 Å². The number of hydrogen-bond acceptors (Lipinski definition) is 8. The van der Waals surface area contributed by atoms with Crippen molar-refractivity contribution in [1.29, 1.82) is 0 Å². The first-order valence-electron chi connectivity index (χ1n) is 5.40. The number of sulfonamides is 1. The zero-order chi connectivity index (χ0) is 14.6. The molecule has 2 aromatic rings. The number of anilines is 1. The number of pyridine rings is 1. The third-order valence-electron chi connectivity index (χ3n) is 2.31. The third-order valence-corrected chi connectivity index (χ3v) is 4.03. The molecule has 0 saturated carbocycles. The molecule has 108 valence electrons. The van der Waals surface area contributed by atoms with Crippen LogP contribution < -0.4 is 16.0 Å². The molecular formula is C9H11ClN6O3S. The van der Waals surface area contributed by atoms with Crippen molar-refractivity contribution in [2.75, 3.05) is 12.0 Å². The second-order valence-corrected chi connectivity index (χ2v) is 5.82. The predicted molar refractivity (Wildman–Crippen MR) is 70.2 cm³/mol. The summed E-state index contributed by atoms with van der Waals surface area (Å²) >= 11 is 5.82. The molecule has 0 saturated heterocycles. The van der Waals surface area contributed by atoms with Crippen LogP contribution in [0, 0.1) is 0 Å². The average molecular weight is 319 g/mol. The van der Waals surface area contributed by atoms with Crippen LogP contribution in [0.3, 0.4) is 0 Å². The summed E-state index contributed by atoms with van der Waals surface area (Å²) in [5, 5.41) is 3.67. The molecule has 0 amide bonds. The molecule has 0 aliphatic rings. The molecule has 0 aromatic carbocycles. The molecule has 0 aliphatic heterocycles. The quantitative estimate of drug-likeness (QED) is 0.497. The van der Waals surface area contributed by atoms with Gasteiger partial charge in [0.1, 0.15) is 4.90 Å². The van der Waals surface area contributed by atoms with E-state index in [1.54, 1.807) is 0 Å². The number of hydrogen-bond donors (Lipinski definition) is 3. The van der Waals surface area contributed by atoms with E-state index in [-0.39, 0.29) is 22.3 Å². The summed E-state index contributed by atoms with van der Waals surface area (Å²) in [5.41, 5.74) is 2.25. The first-order valence-corrected chi connectivity index (χ1v) is 7.26. The van der Waals surface area contributed by atoms with E-state index in [1.807, 2.05) is 0 Å². The van der Waals surface area contributed by atoms with Crippen molar-refractivity contribution in [3.8, 4) is 0 Å². The topological polar surface area (TPSA) is 136 Å². The van der Waals surface area contributed by atoms with Crippen LogP contribution in [-0.2, 0) is 16.4 Å². The largest absolute Gasteiger partial charge is 0.343 e. The van der Waals surface area contributed by atoms with Crippen molar-refractivity contribution in [3.63, 3.8) is 0 Å².